The molecule has 2 fully saturated rings. The maximum atomic E-state index is 12.7. The van der Waals surface area contributed by atoms with Crippen molar-refractivity contribution in [2.75, 3.05) is 44.7 Å². The Morgan fingerprint density at radius 2 is 2.12 bits per heavy atom. The lowest BCUT2D eigenvalue weighted by molar-refractivity contribution is 0.0296. The summed E-state index contributed by atoms with van der Waals surface area (Å²) in [6.45, 7) is 5.36. The number of carbonyl (C=O) groups is 1. The van der Waals surface area contributed by atoms with Gasteiger partial charge in [-0.1, -0.05) is 0 Å². The monoisotopic (exact) mass is 345 g/mol. The second-order valence-electron chi connectivity index (χ2n) is 6.51. The van der Waals surface area contributed by atoms with Crippen LogP contribution in [0.4, 0.5) is 10.5 Å². The fourth-order valence-corrected chi connectivity index (χ4v) is 4.39. The van der Waals surface area contributed by atoms with Crippen molar-refractivity contribution in [2.24, 2.45) is 0 Å². The molecule has 6 heteroatoms. The molecule has 1 N–H and O–H groups in total. The molecule has 0 spiro atoms. The number of thiophene rings is 1. The Labute approximate surface area is 146 Å². The Morgan fingerprint density at radius 3 is 3.00 bits per heavy atom. The van der Waals surface area contributed by atoms with Crippen LogP contribution in [0.5, 0.6) is 0 Å². The summed E-state index contributed by atoms with van der Waals surface area (Å²) in [5.74, 6) is 0. The molecule has 2 aliphatic rings. The van der Waals surface area contributed by atoms with Crippen molar-refractivity contribution in [2.45, 2.75) is 18.9 Å². The molecule has 1 aromatic heterocycles. The molecule has 0 aliphatic carbocycles. The minimum Gasteiger partial charge on any atom is -0.379 e. The zero-order valence-corrected chi connectivity index (χ0v) is 14.6. The van der Waals surface area contributed by atoms with Crippen LogP contribution in [0.1, 0.15) is 12.8 Å². The van der Waals surface area contributed by atoms with Crippen LogP contribution in [0.3, 0.4) is 0 Å². The van der Waals surface area contributed by atoms with Crippen molar-refractivity contribution in [3.63, 3.8) is 0 Å². The number of anilines is 1. The number of nitrogens with zero attached hydrogens (tertiary/aromatic N) is 2. The average molecular weight is 345 g/mol. The predicted octanol–water partition coefficient (Wildman–Crippen LogP) is 3.23. The van der Waals surface area contributed by atoms with Crippen LogP contribution in [0.2, 0.25) is 0 Å². The van der Waals surface area contributed by atoms with E-state index >= 15 is 0 Å². The Bertz CT molecular complexity index is 711. The summed E-state index contributed by atoms with van der Waals surface area (Å²) in [5.41, 5.74) is 0.878. The number of likely N-dealkylation sites (tertiary alicyclic amines) is 1. The van der Waals surface area contributed by atoms with Crippen LogP contribution in [0, 0.1) is 0 Å². The number of morpholine rings is 1. The van der Waals surface area contributed by atoms with E-state index in [0.29, 0.717) is 6.04 Å². The van der Waals surface area contributed by atoms with Crippen LogP contribution in [-0.2, 0) is 4.74 Å². The van der Waals surface area contributed by atoms with E-state index in [4.69, 9.17) is 4.74 Å². The van der Waals surface area contributed by atoms with E-state index in [9.17, 15) is 4.79 Å². The fourth-order valence-electron chi connectivity index (χ4n) is 3.61. The van der Waals surface area contributed by atoms with Gasteiger partial charge < -0.3 is 15.0 Å². The second kappa shape index (κ2) is 7.09. The van der Waals surface area contributed by atoms with Crippen molar-refractivity contribution < 1.29 is 9.53 Å². The van der Waals surface area contributed by atoms with Crippen molar-refractivity contribution in [3.8, 4) is 0 Å². The molecule has 5 nitrogen and oxygen atoms in total. The third-order valence-electron chi connectivity index (χ3n) is 4.91. The average Bonchev–Trinajstić information content (AvgIpc) is 3.24. The molecule has 0 unspecified atom stereocenters. The summed E-state index contributed by atoms with van der Waals surface area (Å²) in [4.78, 5) is 17.1. The molecule has 1 atom stereocenters. The molecule has 2 aliphatic heterocycles. The lowest BCUT2D eigenvalue weighted by Crippen LogP contribution is -2.47. The lowest BCUT2D eigenvalue weighted by Gasteiger charge is -2.32. The number of amides is 2. The largest absolute Gasteiger partial charge is 0.379 e. The molecular weight excluding hydrogens is 322 g/mol. The van der Waals surface area contributed by atoms with Gasteiger partial charge in [-0.3, -0.25) is 4.90 Å². The maximum Gasteiger partial charge on any atom is 0.322 e. The molecule has 4 rings (SSSR count). The van der Waals surface area contributed by atoms with Gasteiger partial charge in [0.2, 0.25) is 0 Å². The number of hydrogen-bond acceptors (Lipinski definition) is 4. The maximum absolute atomic E-state index is 12.7. The molecule has 2 aromatic rings. The first kappa shape index (κ1) is 15.9. The van der Waals surface area contributed by atoms with Crippen LogP contribution >= 0.6 is 11.3 Å². The Morgan fingerprint density at radius 1 is 1.25 bits per heavy atom. The molecule has 2 amide bonds. The lowest BCUT2D eigenvalue weighted by atomic mass is 10.2. The number of rotatable bonds is 3. The zero-order valence-electron chi connectivity index (χ0n) is 13.7. The highest BCUT2D eigenvalue weighted by molar-refractivity contribution is 7.17. The number of ether oxygens (including phenoxy) is 1. The van der Waals surface area contributed by atoms with Gasteiger partial charge in [0, 0.05) is 42.6 Å². The number of benzene rings is 1. The molecule has 0 bridgehead atoms. The van der Waals surface area contributed by atoms with E-state index in [1.807, 2.05) is 11.0 Å². The van der Waals surface area contributed by atoms with E-state index < -0.39 is 0 Å². The number of nitrogens with one attached hydrogen (secondary N) is 1. The summed E-state index contributed by atoms with van der Waals surface area (Å²) < 4.78 is 6.66. The highest BCUT2D eigenvalue weighted by atomic mass is 32.1. The van der Waals surface area contributed by atoms with E-state index in [0.717, 1.165) is 57.9 Å². The minimum absolute atomic E-state index is 0.0281. The van der Waals surface area contributed by atoms with E-state index in [2.05, 4.69) is 33.8 Å². The van der Waals surface area contributed by atoms with Gasteiger partial charge in [0.1, 0.15) is 0 Å². The third-order valence-corrected chi connectivity index (χ3v) is 5.81. The minimum atomic E-state index is 0.0281. The van der Waals surface area contributed by atoms with Crippen molar-refractivity contribution in [1.29, 1.82) is 0 Å². The number of fused-ring (bicyclic) bond motifs is 1. The summed E-state index contributed by atoms with van der Waals surface area (Å²) in [6, 6.07) is 8.55. The highest BCUT2D eigenvalue weighted by Gasteiger charge is 2.30. The van der Waals surface area contributed by atoms with Gasteiger partial charge >= 0.3 is 6.03 Å². The first-order chi connectivity index (χ1) is 11.8. The van der Waals surface area contributed by atoms with Crippen LogP contribution in [-0.4, -0.2) is 61.3 Å². The number of carbonyl (C=O) groups excluding carboxylic acids is 1. The smallest absolute Gasteiger partial charge is 0.322 e. The third kappa shape index (κ3) is 3.41. The number of hydrogen-bond donors (Lipinski definition) is 1. The van der Waals surface area contributed by atoms with Crippen molar-refractivity contribution in [3.05, 3.63) is 29.6 Å². The summed E-state index contributed by atoms with van der Waals surface area (Å²) in [6.07, 6.45) is 2.18. The molecule has 1 aromatic carbocycles. The fraction of sp³-hybridized carbons (Fsp3) is 0.500. The summed E-state index contributed by atoms with van der Waals surface area (Å²) in [7, 11) is 0. The standard InChI is InChI=1S/C18H23N3O2S/c22-18(19-15-3-4-17-14(12-15)5-11-24-17)21-6-1-2-16(21)13-20-7-9-23-10-8-20/h3-5,11-12,16H,1-2,6-10,13H2,(H,19,22)/t16-/m1/s1. The topological polar surface area (TPSA) is 44.8 Å². The summed E-state index contributed by atoms with van der Waals surface area (Å²) >= 11 is 1.72. The normalized spacial score (nSPS) is 22.2. The van der Waals surface area contributed by atoms with Gasteiger partial charge in [0.25, 0.3) is 0 Å². The number of urea groups is 1. The predicted molar refractivity (Wildman–Crippen MR) is 97.8 cm³/mol. The molecule has 3 heterocycles. The van der Waals surface area contributed by atoms with Crippen LogP contribution < -0.4 is 5.32 Å². The molecular formula is C18H23N3O2S. The molecule has 0 saturated carbocycles. The van der Waals surface area contributed by atoms with E-state index in [-0.39, 0.29) is 6.03 Å². The SMILES string of the molecule is O=C(Nc1ccc2sccc2c1)N1CCC[C@@H]1CN1CCOCC1. The molecule has 0 radical (unpaired) electrons. The first-order valence-corrected chi connectivity index (χ1v) is 9.52. The zero-order chi connectivity index (χ0) is 16.4. The van der Waals surface area contributed by atoms with Gasteiger partial charge in [0.15, 0.2) is 0 Å². The first-order valence-electron chi connectivity index (χ1n) is 8.64. The van der Waals surface area contributed by atoms with Crippen LogP contribution in [0.15, 0.2) is 29.6 Å². The Balaban J connectivity index is 1.40. The Hall–Kier alpha value is -1.63. The molecule has 2 saturated heterocycles. The molecule has 24 heavy (non-hydrogen) atoms. The highest BCUT2D eigenvalue weighted by Crippen LogP contribution is 2.25. The van der Waals surface area contributed by atoms with E-state index in [1.165, 1.54) is 10.1 Å². The van der Waals surface area contributed by atoms with Gasteiger partial charge in [-0.05, 0) is 47.9 Å². The quantitative estimate of drug-likeness (QED) is 0.929. The van der Waals surface area contributed by atoms with Crippen LogP contribution in [0.25, 0.3) is 10.1 Å². The van der Waals surface area contributed by atoms with Gasteiger partial charge in [-0.15, -0.1) is 11.3 Å². The van der Waals surface area contributed by atoms with Gasteiger partial charge in [-0.2, -0.15) is 0 Å². The second-order valence-corrected chi connectivity index (χ2v) is 7.45. The van der Waals surface area contributed by atoms with Gasteiger partial charge in [0.05, 0.1) is 13.2 Å². The van der Waals surface area contributed by atoms with Crippen molar-refractivity contribution in [1.82, 2.24) is 9.80 Å². The van der Waals surface area contributed by atoms with Gasteiger partial charge in [-0.25, -0.2) is 4.79 Å². The molecule has 128 valence electrons. The summed E-state index contributed by atoms with van der Waals surface area (Å²) in [5, 5.41) is 6.34. The Kier molecular flexibility index (Phi) is 4.69. The van der Waals surface area contributed by atoms with E-state index in [1.54, 1.807) is 11.3 Å². The van der Waals surface area contributed by atoms with Crippen molar-refractivity contribution >= 4 is 33.1 Å².